The van der Waals surface area contributed by atoms with Gasteiger partial charge in [-0.25, -0.2) is 0 Å². The zero-order chi connectivity index (χ0) is 14.2. The van der Waals surface area contributed by atoms with Crippen LogP contribution in [0.2, 0.25) is 0 Å². The quantitative estimate of drug-likeness (QED) is 0.812. The molecule has 1 aliphatic heterocycles. The summed E-state index contributed by atoms with van der Waals surface area (Å²) in [6.07, 6.45) is 4.71. The third-order valence-electron chi connectivity index (χ3n) is 4.19. The Hall–Kier alpha value is -0.680. The van der Waals surface area contributed by atoms with Crippen molar-refractivity contribution in [2.45, 2.75) is 43.7 Å². The summed E-state index contributed by atoms with van der Waals surface area (Å²) in [5, 5.41) is 3.14. The Morgan fingerprint density at radius 3 is 2.95 bits per heavy atom. The van der Waals surface area contributed by atoms with Gasteiger partial charge in [0, 0.05) is 22.9 Å². The highest BCUT2D eigenvalue weighted by Crippen LogP contribution is 2.49. The van der Waals surface area contributed by atoms with Crippen molar-refractivity contribution in [3.8, 4) is 5.75 Å². The number of fused-ring (bicyclic) bond motifs is 1. The van der Waals surface area contributed by atoms with Gasteiger partial charge in [-0.2, -0.15) is 12.6 Å². The van der Waals surface area contributed by atoms with E-state index in [4.69, 9.17) is 4.74 Å². The van der Waals surface area contributed by atoms with Crippen LogP contribution in [0.15, 0.2) is 22.7 Å². The van der Waals surface area contributed by atoms with Gasteiger partial charge in [0.05, 0.1) is 6.04 Å². The van der Waals surface area contributed by atoms with Gasteiger partial charge in [-0.1, -0.05) is 15.9 Å². The first-order valence-corrected chi connectivity index (χ1v) is 8.43. The van der Waals surface area contributed by atoms with Crippen LogP contribution < -0.4 is 10.1 Å². The summed E-state index contributed by atoms with van der Waals surface area (Å²) < 4.78 is 7.21. The van der Waals surface area contributed by atoms with Crippen LogP contribution in [0, 0.1) is 0 Å². The van der Waals surface area contributed by atoms with Crippen LogP contribution in [0.5, 0.6) is 5.75 Å². The molecule has 3 rings (SSSR count). The molecule has 1 unspecified atom stereocenters. The number of rotatable bonds is 3. The molecular weight excluding hydrogens is 338 g/mol. The maximum Gasteiger partial charge on any atom is 0.221 e. The van der Waals surface area contributed by atoms with Crippen LogP contribution >= 0.6 is 28.6 Å². The molecule has 2 aliphatic rings. The lowest BCUT2D eigenvalue weighted by Gasteiger charge is -2.48. The van der Waals surface area contributed by atoms with E-state index < -0.39 is 0 Å². The number of thiol groups is 1. The second-order valence-electron chi connectivity index (χ2n) is 5.62. The number of halogens is 1. The molecule has 1 amide bonds. The predicted octanol–water partition coefficient (Wildman–Crippen LogP) is 3.63. The molecule has 1 aromatic rings. The zero-order valence-electron chi connectivity index (χ0n) is 11.2. The number of amides is 1. The molecule has 20 heavy (non-hydrogen) atoms. The normalized spacial score (nSPS) is 22.6. The molecule has 0 saturated heterocycles. The third kappa shape index (κ3) is 2.70. The average molecular weight is 356 g/mol. The van der Waals surface area contributed by atoms with Crippen molar-refractivity contribution in [1.82, 2.24) is 5.32 Å². The monoisotopic (exact) mass is 355 g/mol. The molecule has 1 atom stereocenters. The lowest BCUT2D eigenvalue weighted by atomic mass is 9.73. The van der Waals surface area contributed by atoms with E-state index in [9.17, 15) is 4.79 Å². The highest BCUT2D eigenvalue weighted by Gasteiger charge is 2.45. The number of ether oxygens (including phenoxy) is 1. The molecule has 1 saturated carbocycles. The van der Waals surface area contributed by atoms with Crippen molar-refractivity contribution >= 4 is 34.5 Å². The first kappa shape index (κ1) is 14.3. The summed E-state index contributed by atoms with van der Waals surface area (Å²) in [4.78, 5) is 11.9. The lowest BCUT2D eigenvalue weighted by Crippen LogP contribution is -2.49. The third-order valence-corrected chi connectivity index (χ3v) is 4.91. The Balaban J connectivity index is 1.87. The summed E-state index contributed by atoms with van der Waals surface area (Å²) in [7, 11) is 0. The van der Waals surface area contributed by atoms with Crippen molar-refractivity contribution in [3.63, 3.8) is 0 Å². The first-order valence-electron chi connectivity index (χ1n) is 7.01. The molecule has 3 nitrogen and oxygen atoms in total. The van der Waals surface area contributed by atoms with Gasteiger partial charge in [0.15, 0.2) is 0 Å². The second-order valence-corrected chi connectivity index (χ2v) is 6.98. The van der Waals surface area contributed by atoms with Crippen LogP contribution in [-0.4, -0.2) is 17.3 Å². The molecular formula is C15H18BrNO2S. The maximum atomic E-state index is 11.9. The predicted molar refractivity (Wildman–Crippen MR) is 85.3 cm³/mol. The van der Waals surface area contributed by atoms with E-state index in [1.165, 1.54) is 6.42 Å². The van der Waals surface area contributed by atoms with E-state index in [2.05, 4.69) is 33.9 Å². The smallest absolute Gasteiger partial charge is 0.221 e. The standard InChI is InChI=1S/C15H18BrNO2S/c16-10-2-3-13-11(8-10)12(17-14(18)4-7-20)9-15(19-13)5-1-6-15/h2-3,8,12,20H,1,4-7,9H2,(H,17,18). The van der Waals surface area contributed by atoms with Gasteiger partial charge in [-0.15, -0.1) is 0 Å². The summed E-state index contributed by atoms with van der Waals surface area (Å²) in [6.45, 7) is 0. The Morgan fingerprint density at radius 2 is 2.30 bits per heavy atom. The minimum absolute atomic E-state index is 0.0453. The van der Waals surface area contributed by atoms with Gasteiger partial charge in [0.2, 0.25) is 5.91 Å². The Labute approximate surface area is 133 Å². The fourth-order valence-electron chi connectivity index (χ4n) is 3.02. The zero-order valence-corrected chi connectivity index (χ0v) is 13.7. The van der Waals surface area contributed by atoms with E-state index in [1.807, 2.05) is 18.2 Å². The SMILES string of the molecule is O=C(CCS)NC1CC2(CCC2)Oc2ccc(Br)cc21. The molecule has 1 aliphatic carbocycles. The van der Waals surface area contributed by atoms with Crippen molar-refractivity contribution < 1.29 is 9.53 Å². The number of benzene rings is 1. The minimum atomic E-state index is -0.0558. The lowest BCUT2D eigenvalue weighted by molar-refractivity contribution is -0.122. The van der Waals surface area contributed by atoms with Gasteiger partial charge in [-0.3, -0.25) is 4.79 Å². The topological polar surface area (TPSA) is 38.3 Å². The molecule has 1 N–H and O–H groups in total. The van der Waals surface area contributed by atoms with Gasteiger partial charge in [-0.05, 0) is 43.2 Å². The summed E-state index contributed by atoms with van der Waals surface area (Å²) in [5.41, 5.74) is 1.02. The van der Waals surface area contributed by atoms with E-state index in [-0.39, 0.29) is 17.6 Å². The fraction of sp³-hybridized carbons (Fsp3) is 0.533. The van der Waals surface area contributed by atoms with Crippen molar-refractivity contribution in [3.05, 3.63) is 28.2 Å². The highest BCUT2D eigenvalue weighted by atomic mass is 79.9. The molecule has 0 bridgehead atoms. The number of hydrogen-bond acceptors (Lipinski definition) is 3. The minimum Gasteiger partial charge on any atom is -0.487 e. The van der Waals surface area contributed by atoms with Gasteiger partial charge < -0.3 is 10.1 Å². The number of nitrogens with one attached hydrogen (secondary N) is 1. The number of carbonyl (C=O) groups is 1. The Bertz CT molecular complexity index is 531. The van der Waals surface area contributed by atoms with Crippen LogP contribution in [-0.2, 0) is 4.79 Å². The number of carbonyl (C=O) groups excluding carboxylic acids is 1. The van der Waals surface area contributed by atoms with Gasteiger partial charge in [0.1, 0.15) is 11.4 Å². The van der Waals surface area contributed by atoms with E-state index in [0.717, 1.165) is 35.0 Å². The molecule has 1 spiro atoms. The second kappa shape index (κ2) is 5.60. The Kier molecular flexibility index (Phi) is 4.00. The maximum absolute atomic E-state index is 11.9. The molecule has 108 valence electrons. The highest BCUT2D eigenvalue weighted by molar-refractivity contribution is 9.10. The van der Waals surface area contributed by atoms with Crippen LogP contribution in [0.1, 0.15) is 43.7 Å². The van der Waals surface area contributed by atoms with Gasteiger partial charge >= 0.3 is 0 Å². The largest absolute Gasteiger partial charge is 0.487 e. The molecule has 1 aromatic carbocycles. The van der Waals surface area contributed by atoms with E-state index in [1.54, 1.807) is 0 Å². The van der Waals surface area contributed by atoms with Gasteiger partial charge in [0.25, 0.3) is 0 Å². The Morgan fingerprint density at radius 1 is 1.50 bits per heavy atom. The number of hydrogen-bond donors (Lipinski definition) is 2. The van der Waals surface area contributed by atoms with Crippen molar-refractivity contribution in [2.24, 2.45) is 0 Å². The summed E-state index contributed by atoms with van der Waals surface area (Å²) in [6, 6.07) is 6.08. The van der Waals surface area contributed by atoms with Crippen LogP contribution in [0.25, 0.3) is 0 Å². The molecule has 1 heterocycles. The van der Waals surface area contributed by atoms with Crippen LogP contribution in [0.4, 0.5) is 0 Å². The molecule has 1 fully saturated rings. The van der Waals surface area contributed by atoms with E-state index in [0.29, 0.717) is 12.2 Å². The van der Waals surface area contributed by atoms with Crippen molar-refractivity contribution in [1.29, 1.82) is 0 Å². The fourth-order valence-corrected chi connectivity index (χ4v) is 3.60. The molecule has 0 radical (unpaired) electrons. The first-order chi connectivity index (χ1) is 9.62. The van der Waals surface area contributed by atoms with Crippen LogP contribution in [0.3, 0.4) is 0 Å². The summed E-state index contributed by atoms with van der Waals surface area (Å²) >= 11 is 7.61. The average Bonchev–Trinajstić information content (AvgIpc) is 2.37. The molecule has 0 aromatic heterocycles. The summed E-state index contributed by atoms with van der Waals surface area (Å²) in [5.74, 6) is 1.55. The van der Waals surface area contributed by atoms with Crippen molar-refractivity contribution in [2.75, 3.05) is 5.75 Å². The van der Waals surface area contributed by atoms with E-state index >= 15 is 0 Å². The molecule has 5 heteroatoms.